The summed E-state index contributed by atoms with van der Waals surface area (Å²) >= 11 is 0. The third-order valence-corrected chi connectivity index (χ3v) is 4.05. The second kappa shape index (κ2) is 6.07. The van der Waals surface area contributed by atoms with Crippen LogP contribution in [0.2, 0.25) is 0 Å². The van der Waals surface area contributed by atoms with E-state index in [2.05, 4.69) is 46.8 Å². The fourth-order valence-corrected chi connectivity index (χ4v) is 2.74. The van der Waals surface area contributed by atoms with Gasteiger partial charge in [-0.3, -0.25) is 0 Å². The maximum absolute atomic E-state index is 10.3. The molecule has 114 valence electrons. The zero-order chi connectivity index (χ0) is 15.6. The summed E-state index contributed by atoms with van der Waals surface area (Å²) in [5.41, 5.74) is 6.36. The monoisotopic (exact) mass is 286 g/mol. The molecular weight excluding hydrogens is 260 g/mol. The van der Waals surface area contributed by atoms with Gasteiger partial charge in [-0.15, -0.1) is 0 Å². The third kappa shape index (κ3) is 3.98. The Morgan fingerprint density at radius 3 is 2.19 bits per heavy atom. The minimum absolute atomic E-state index is 0.156. The Morgan fingerprint density at radius 1 is 1.10 bits per heavy atom. The predicted octanol–water partition coefficient (Wildman–Crippen LogP) is 4.34. The molecule has 2 nitrogen and oxygen atoms in total. The Balaban J connectivity index is 2.17. The Bertz CT molecular complexity index is 566. The highest BCUT2D eigenvalue weighted by molar-refractivity contribution is 5.41. The van der Waals surface area contributed by atoms with Crippen molar-refractivity contribution in [3.8, 4) is 0 Å². The van der Waals surface area contributed by atoms with Crippen molar-refractivity contribution in [1.29, 1.82) is 0 Å². The van der Waals surface area contributed by atoms with E-state index in [-0.39, 0.29) is 11.5 Å². The van der Waals surface area contributed by atoms with Gasteiger partial charge in [0, 0.05) is 6.42 Å². The number of hydrogen-bond acceptors (Lipinski definition) is 2. The highest BCUT2D eigenvalue weighted by Gasteiger charge is 2.17. The highest BCUT2D eigenvalue weighted by atomic mass is 16.3. The van der Waals surface area contributed by atoms with Crippen LogP contribution in [0.25, 0.3) is 0 Å². The fraction of sp³-hybridized carbons (Fsp3) is 0.474. The van der Waals surface area contributed by atoms with Gasteiger partial charge < -0.3 is 9.52 Å². The van der Waals surface area contributed by atoms with Gasteiger partial charge in [-0.2, -0.15) is 0 Å². The van der Waals surface area contributed by atoms with E-state index in [1.807, 2.05) is 6.07 Å². The number of aliphatic hydroxyl groups excluding tert-OH is 1. The molecule has 0 bridgehead atoms. The van der Waals surface area contributed by atoms with Crippen molar-refractivity contribution in [2.45, 2.75) is 59.0 Å². The molecule has 1 N–H and O–H groups in total. The van der Waals surface area contributed by atoms with Gasteiger partial charge in [0.25, 0.3) is 0 Å². The van der Waals surface area contributed by atoms with Crippen LogP contribution in [-0.4, -0.2) is 11.2 Å². The van der Waals surface area contributed by atoms with E-state index in [0.717, 1.165) is 5.56 Å². The van der Waals surface area contributed by atoms with Gasteiger partial charge in [0.2, 0.25) is 0 Å². The molecule has 21 heavy (non-hydrogen) atoms. The van der Waals surface area contributed by atoms with Crippen LogP contribution in [0, 0.1) is 13.8 Å². The number of furan rings is 1. The summed E-state index contributed by atoms with van der Waals surface area (Å²) in [6.45, 7) is 11.0. The maximum atomic E-state index is 10.3. The molecular formula is C19H26O2. The summed E-state index contributed by atoms with van der Waals surface area (Å²) < 4.78 is 5.06. The Morgan fingerprint density at radius 2 is 1.71 bits per heavy atom. The zero-order valence-corrected chi connectivity index (χ0v) is 13.7. The van der Waals surface area contributed by atoms with Crippen molar-refractivity contribution in [2.24, 2.45) is 0 Å². The lowest BCUT2D eigenvalue weighted by atomic mass is 9.83. The molecule has 0 spiro atoms. The van der Waals surface area contributed by atoms with Crippen molar-refractivity contribution >= 4 is 0 Å². The molecule has 0 aliphatic carbocycles. The van der Waals surface area contributed by atoms with Gasteiger partial charge in [0.05, 0.1) is 18.6 Å². The molecule has 0 aliphatic rings. The van der Waals surface area contributed by atoms with E-state index in [0.29, 0.717) is 12.8 Å². The molecule has 1 aromatic heterocycles. The molecule has 0 radical (unpaired) electrons. The standard InChI is InChI=1S/C19H26O2/c1-13-8-16(19(3,4)5)9-14(2)18(13)11-17(20)10-15-6-7-21-12-15/h6-9,12,17,20H,10-11H2,1-5H3. The average Bonchev–Trinajstić information content (AvgIpc) is 2.85. The molecule has 1 aromatic carbocycles. The summed E-state index contributed by atoms with van der Waals surface area (Å²) in [5, 5.41) is 10.3. The molecule has 1 atom stereocenters. The summed E-state index contributed by atoms with van der Waals surface area (Å²) in [6, 6.07) is 6.42. The van der Waals surface area contributed by atoms with E-state index in [9.17, 15) is 5.11 Å². The van der Waals surface area contributed by atoms with Crippen LogP contribution >= 0.6 is 0 Å². The van der Waals surface area contributed by atoms with E-state index < -0.39 is 0 Å². The molecule has 2 heteroatoms. The van der Waals surface area contributed by atoms with Gasteiger partial charge in [-0.05, 0) is 59.6 Å². The van der Waals surface area contributed by atoms with Crippen LogP contribution in [0.1, 0.15) is 48.6 Å². The summed E-state index contributed by atoms with van der Waals surface area (Å²) in [4.78, 5) is 0. The van der Waals surface area contributed by atoms with Crippen molar-refractivity contribution in [3.63, 3.8) is 0 Å². The van der Waals surface area contributed by atoms with Crippen LogP contribution in [0.5, 0.6) is 0 Å². The molecule has 0 amide bonds. The fourth-order valence-electron chi connectivity index (χ4n) is 2.74. The number of aliphatic hydroxyl groups is 1. The number of benzene rings is 1. The molecule has 0 saturated carbocycles. The van der Waals surface area contributed by atoms with Gasteiger partial charge >= 0.3 is 0 Å². The topological polar surface area (TPSA) is 33.4 Å². The molecule has 2 rings (SSSR count). The second-order valence-corrected chi connectivity index (χ2v) is 7.03. The molecule has 1 unspecified atom stereocenters. The Hall–Kier alpha value is -1.54. The van der Waals surface area contributed by atoms with Crippen LogP contribution in [0.4, 0.5) is 0 Å². The lowest BCUT2D eigenvalue weighted by molar-refractivity contribution is 0.174. The van der Waals surface area contributed by atoms with Crippen LogP contribution in [0.15, 0.2) is 35.1 Å². The van der Waals surface area contributed by atoms with E-state index in [1.165, 1.54) is 22.3 Å². The second-order valence-electron chi connectivity index (χ2n) is 7.03. The van der Waals surface area contributed by atoms with Gasteiger partial charge in [-0.25, -0.2) is 0 Å². The predicted molar refractivity (Wildman–Crippen MR) is 86.7 cm³/mol. The van der Waals surface area contributed by atoms with E-state index in [4.69, 9.17) is 4.42 Å². The van der Waals surface area contributed by atoms with Crippen molar-refractivity contribution in [3.05, 3.63) is 58.5 Å². The average molecular weight is 286 g/mol. The van der Waals surface area contributed by atoms with E-state index in [1.54, 1.807) is 12.5 Å². The zero-order valence-electron chi connectivity index (χ0n) is 13.7. The van der Waals surface area contributed by atoms with Crippen molar-refractivity contribution in [2.75, 3.05) is 0 Å². The first-order valence-electron chi connectivity index (χ1n) is 7.57. The largest absolute Gasteiger partial charge is 0.472 e. The maximum Gasteiger partial charge on any atom is 0.0935 e. The Kier molecular flexibility index (Phi) is 4.58. The first-order valence-corrected chi connectivity index (χ1v) is 7.57. The lowest BCUT2D eigenvalue weighted by Gasteiger charge is -2.23. The van der Waals surface area contributed by atoms with Gasteiger partial charge in [0.15, 0.2) is 0 Å². The van der Waals surface area contributed by atoms with Crippen LogP contribution in [-0.2, 0) is 18.3 Å². The van der Waals surface area contributed by atoms with Crippen LogP contribution in [0.3, 0.4) is 0 Å². The summed E-state index contributed by atoms with van der Waals surface area (Å²) in [5.74, 6) is 0. The number of rotatable bonds is 4. The third-order valence-electron chi connectivity index (χ3n) is 4.05. The minimum atomic E-state index is -0.375. The first-order chi connectivity index (χ1) is 9.77. The minimum Gasteiger partial charge on any atom is -0.472 e. The normalized spacial score (nSPS) is 13.4. The van der Waals surface area contributed by atoms with Crippen LogP contribution < -0.4 is 0 Å². The number of aryl methyl sites for hydroxylation is 2. The molecule has 0 fully saturated rings. The molecule has 0 aliphatic heterocycles. The van der Waals surface area contributed by atoms with Crippen molar-refractivity contribution < 1.29 is 9.52 Å². The molecule has 1 heterocycles. The SMILES string of the molecule is Cc1cc(C(C)(C)C)cc(C)c1CC(O)Cc1ccoc1. The number of hydrogen-bond donors (Lipinski definition) is 1. The van der Waals surface area contributed by atoms with Crippen molar-refractivity contribution in [1.82, 2.24) is 0 Å². The first kappa shape index (κ1) is 15.8. The quantitative estimate of drug-likeness (QED) is 0.907. The van der Waals surface area contributed by atoms with Gasteiger partial charge in [-0.1, -0.05) is 32.9 Å². The summed E-state index contributed by atoms with van der Waals surface area (Å²) in [7, 11) is 0. The van der Waals surface area contributed by atoms with Gasteiger partial charge in [0.1, 0.15) is 0 Å². The molecule has 0 saturated heterocycles. The highest BCUT2D eigenvalue weighted by Crippen LogP contribution is 2.27. The van der Waals surface area contributed by atoms with E-state index >= 15 is 0 Å². The summed E-state index contributed by atoms with van der Waals surface area (Å²) in [6.07, 6.45) is 4.30. The lowest BCUT2D eigenvalue weighted by Crippen LogP contribution is -2.17. The molecule has 2 aromatic rings. The smallest absolute Gasteiger partial charge is 0.0935 e. The Labute approximate surface area is 127 Å².